The van der Waals surface area contributed by atoms with Crippen molar-refractivity contribution < 1.29 is 14.7 Å². The number of carboxylic acid groups (broad SMARTS) is 1. The van der Waals surface area contributed by atoms with E-state index in [2.05, 4.69) is 5.32 Å². The molecule has 1 aromatic carbocycles. The summed E-state index contributed by atoms with van der Waals surface area (Å²) in [5.74, 6) is -1.51. The van der Waals surface area contributed by atoms with Crippen LogP contribution < -0.4 is 5.32 Å². The molecule has 2 N–H and O–H groups in total. The van der Waals surface area contributed by atoms with Gasteiger partial charge in [0.05, 0.1) is 10.0 Å². The van der Waals surface area contributed by atoms with E-state index in [4.69, 9.17) is 23.2 Å². The van der Waals surface area contributed by atoms with E-state index < -0.39 is 17.4 Å². The Morgan fingerprint density at radius 1 is 1.33 bits per heavy atom. The lowest BCUT2D eigenvalue weighted by Crippen LogP contribution is -2.53. The Balaban J connectivity index is 3.00. The quantitative estimate of drug-likeness (QED) is 0.895. The Bertz CT molecular complexity index is 490. The highest BCUT2D eigenvalue weighted by Gasteiger charge is 2.34. The van der Waals surface area contributed by atoms with Crippen LogP contribution in [0, 0.1) is 0 Å². The molecule has 0 aromatic heterocycles. The first-order valence-electron chi connectivity index (χ1n) is 5.20. The smallest absolute Gasteiger partial charge is 0.329 e. The van der Waals surface area contributed by atoms with E-state index in [1.807, 2.05) is 0 Å². The lowest BCUT2D eigenvalue weighted by molar-refractivity contribution is -0.146. The van der Waals surface area contributed by atoms with Crippen LogP contribution in [-0.4, -0.2) is 22.5 Å². The molecule has 0 saturated carbocycles. The topological polar surface area (TPSA) is 66.4 Å². The van der Waals surface area contributed by atoms with Gasteiger partial charge in [-0.15, -0.1) is 0 Å². The molecule has 4 nitrogen and oxygen atoms in total. The molecule has 6 heteroatoms. The predicted molar refractivity (Wildman–Crippen MR) is 70.0 cm³/mol. The average molecular weight is 290 g/mol. The number of hydrogen-bond acceptors (Lipinski definition) is 2. The monoisotopic (exact) mass is 289 g/mol. The number of amides is 1. The van der Waals surface area contributed by atoms with Crippen molar-refractivity contribution in [1.29, 1.82) is 0 Å². The van der Waals surface area contributed by atoms with Gasteiger partial charge in [-0.05, 0) is 24.6 Å². The minimum absolute atomic E-state index is 0.124. The third-order valence-electron chi connectivity index (χ3n) is 2.47. The highest BCUT2D eigenvalue weighted by molar-refractivity contribution is 6.42. The maximum Gasteiger partial charge on any atom is 0.329 e. The van der Waals surface area contributed by atoms with Crippen molar-refractivity contribution in [1.82, 2.24) is 5.32 Å². The van der Waals surface area contributed by atoms with Crippen molar-refractivity contribution in [2.75, 3.05) is 0 Å². The second kappa shape index (κ2) is 5.59. The summed E-state index contributed by atoms with van der Waals surface area (Å²) in [4.78, 5) is 22.3. The number of carbonyl (C=O) groups excluding carboxylic acids is 1. The van der Waals surface area contributed by atoms with E-state index in [9.17, 15) is 14.7 Å². The minimum atomic E-state index is -1.37. The van der Waals surface area contributed by atoms with Crippen LogP contribution in [0.25, 0.3) is 0 Å². The number of halogens is 2. The zero-order valence-electron chi connectivity index (χ0n) is 9.96. The normalized spacial score (nSPS) is 13.8. The van der Waals surface area contributed by atoms with Crippen molar-refractivity contribution in [3.05, 3.63) is 33.8 Å². The molecule has 0 unspecified atom stereocenters. The number of hydrogen-bond donors (Lipinski definition) is 2. The van der Waals surface area contributed by atoms with Crippen LogP contribution in [0.1, 0.15) is 19.4 Å². The molecule has 0 fully saturated rings. The first-order chi connectivity index (χ1) is 8.24. The van der Waals surface area contributed by atoms with Crippen LogP contribution in [-0.2, 0) is 16.0 Å². The predicted octanol–water partition coefficient (Wildman–Crippen LogP) is 2.52. The van der Waals surface area contributed by atoms with Crippen LogP contribution in [0.5, 0.6) is 0 Å². The van der Waals surface area contributed by atoms with Crippen molar-refractivity contribution in [2.24, 2.45) is 0 Å². The first kappa shape index (κ1) is 14.8. The van der Waals surface area contributed by atoms with Gasteiger partial charge in [0.15, 0.2) is 0 Å². The average Bonchev–Trinajstić information content (AvgIpc) is 2.22. The summed E-state index contributed by atoms with van der Waals surface area (Å²) in [7, 11) is 0. The van der Waals surface area contributed by atoms with E-state index in [1.54, 1.807) is 18.2 Å². The van der Waals surface area contributed by atoms with Crippen LogP contribution >= 0.6 is 23.2 Å². The second-order valence-corrected chi connectivity index (χ2v) is 5.06. The van der Waals surface area contributed by atoms with Crippen LogP contribution in [0.4, 0.5) is 0 Å². The molecule has 0 heterocycles. The molecule has 1 aromatic rings. The van der Waals surface area contributed by atoms with Gasteiger partial charge in [0.1, 0.15) is 5.54 Å². The molecule has 0 radical (unpaired) electrons. The summed E-state index contributed by atoms with van der Waals surface area (Å²) >= 11 is 11.6. The van der Waals surface area contributed by atoms with Crippen LogP contribution in [0.2, 0.25) is 10.0 Å². The fourth-order valence-electron chi connectivity index (χ4n) is 1.62. The maximum absolute atomic E-state index is 11.2. The van der Waals surface area contributed by atoms with Crippen molar-refractivity contribution in [3.63, 3.8) is 0 Å². The van der Waals surface area contributed by atoms with Gasteiger partial charge >= 0.3 is 5.97 Å². The van der Waals surface area contributed by atoms with E-state index >= 15 is 0 Å². The Hall–Kier alpha value is -1.26. The van der Waals surface area contributed by atoms with Gasteiger partial charge in [-0.3, -0.25) is 4.79 Å². The number of benzene rings is 1. The third kappa shape index (κ3) is 3.62. The molecule has 1 atom stereocenters. The molecule has 18 heavy (non-hydrogen) atoms. The molecule has 1 rings (SSSR count). The molecule has 0 aliphatic carbocycles. The van der Waals surface area contributed by atoms with Gasteiger partial charge in [-0.2, -0.15) is 0 Å². The van der Waals surface area contributed by atoms with Crippen molar-refractivity contribution >= 4 is 35.1 Å². The largest absolute Gasteiger partial charge is 0.480 e. The maximum atomic E-state index is 11.2. The minimum Gasteiger partial charge on any atom is -0.480 e. The van der Waals surface area contributed by atoms with Crippen LogP contribution in [0.3, 0.4) is 0 Å². The lowest BCUT2D eigenvalue weighted by atomic mass is 9.93. The standard InChI is InChI=1S/C12H13Cl2NO3/c1-7(16)15-12(2,11(17)18)6-8-3-4-9(13)10(14)5-8/h3-5H,6H2,1-2H3,(H,15,16)(H,17,18)/t12-/m1/s1. The Morgan fingerprint density at radius 2 is 1.94 bits per heavy atom. The zero-order chi connectivity index (χ0) is 13.9. The Morgan fingerprint density at radius 3 is 2.39 bits per heavy atom. The number of aliphatic carboxylic acids is 1. The Labute approximate surface area is 115 Å². The summed E-state index contributed by atoms with van der Waals surface area (Å²) in [6, 6.07) is 4.86. The van der Waals surface area contributed by atoms with E-state index in [-0.39, 0.29) is 6.42 Å². The second-order valence-electron chi connectivity index (χ2n) is 4.24. The van der Waals surface area contributed by atoms with Gasteiger partial charge in [0.2, 0.25) is 5.91 Å². The zero-order valence-corrected chi connectivity index (χ0v) is 11.5. The molecular weight excluding hydrogens is 277 g/mol. The molecule has 98 valence electrons. The Kier molecular flexibility index (Phi) is 4.59. The molecule has 1 amide bonds. The van der Waals surface area contributed by atoms with Crippen LogP contribution in [0.15, 0.2) is 18.2 Å². The van der Waals surface area contributed by atoms with Gasteiger partial charge in [-0.1, -0.05) is 29.3 Å². The number of carbonyl (C=O) groups is 2. The fraction of sp³-hybridized carbons (Fsp3) is 0.333. The molecule has 0 aliphatic heterocycles. The highest BCUT2D eigenvalue weighted by Crippen LogP contribution is 2.24. The third-order valence-corrected chi connectivity index (χ3v) is 3.20. The highest BCUT2D eigenvalue weighted by atomic mass is 35.5. The first-order valence-corrected chi connectivity index (χ1v) is 5.96. The summed E-state index contributed by atoms with van der Waals surface area (Å²) in [5.41, 5.74) is -0.689. The number of nitrogens with one attached hydrogen (secondary N) is 1. The van der Waals surface area contributed by atoms with E-state index in [0.717, 1.165) is 0 Å². The molecule has 0 saturated heterocycles. The molecular formula is C12H13Cl2NO3. The number of rotatable bonds is 4. The van der Waals surface area contributed by atoms with Gasteiger partial charge in [-0.25, -0.2) is 4.79 Å². The lowest BCUT2D eigenvalue weighted by Gasteiger charge is -2.25. The molecule has 0 bridgehead atoms. The van der Waals surface area contributed by atoms with E-state index in [1.165, 1.54) is 13.8 Å². The summed E-state index contributed by atoms with van der Waals surface area (Å²) in [5, 5.41) is 12.4. The van der Waals surface area contributed by atoms with E-state index in [0.29, 0.717) is 15.6 Å². The summed E-state index contributed by atoms with van der Waals surface area (Å²) < 4.78 is 0. The summed E-state index contributed by atoms with van der Waals surface area (Å²) in [6.07, 6.45) is 0.124. The van der Waals surface area contributed by atoms with Crippen molar-refractivity contribution in [3.8, 4) is 0 Å². The van der Waals surface area contributed by atoms with Crippen molar-refractivity contribution in [2.45, 2.75) is 25.8 Å². The number of carboxylic acids is 1. The molecule has 0 spiro atoms. The molecule has 0 aliphatic rings. The van der Waals surface area contributed by atoms with Gasteiger partial charge in [0, 0.05) is 13.3 Å². The van der Waals surface area contributed by atoms with Gasteiger partial charge < -0.3 is 10.4 Å². The van der Waals surface area contributed by atoms with Gasteiger partial charge in [0.25, 0.3) is 0 Å². The fourth-order valence-corrected chi connectivity index (χ4v) is 1.94. The summed E-state index contributed by atoms with van der Waals surface area (Å²) in [6.45, 7) is 2.72. The SMILES string of the molecule is CC(=O)N[C@](C)(Cc1ccc(Cl)c(Cl)c1)C(=O)O.